The first-order chi connectivity index (χ1) is 7.31. The highest BCUT2D eigenvalue weighted by Crippen LogP contribution is 2.18. The lowest BCUT2D eigenvalue weighted by molar-refractivity contribution is -0.156. The van der Waals surface area contributed by atoms with Crippen molar-refractivity contribution in [1.82, 2.24) is 5.32 Å². The SMILES string of the molecule is CCC(O)C(O)[C@@](CS)(NC(C)=O)C(=O)O. The Balaban J connectivity index is 5.18. The van der Waals surface area contributed by atoms with Crippen LogP contribution in [0.15, 0.2) is 0 Å². The molecule has 0 aliphatic carbocycles. The van der Waals surface area contributed by atoms with Crippen LogP contribution in [0.4, 0.5) is 0 Å². The van der Waals surface area contributed by atoms with Crippen LogP contribution >= 0.6 is 12.6 Å². The van der Waals surface area contributed by atoms with E-state index in [0.29, 0.717) is 0 Å². The molecule has 7 heteroatoms. The number of rotatable bonds is 6. The lowest BCUT2D eigenvalue weighted by Gasteiger charge is -2.35. The van der Waals surface area contributed by atoms with Gasteiger partial charge in [-0.25, -0.2) is 4.79 Å². The minimum Gasteiger partial charge on any atom is -0.479 e. The summed E-state index contributed by atoms with van der Waals surface area (Å²) in [5.74, 6) is -2.36. The number of aliphatic hydroxyl groups excluding tert-OH is 2. The monoisotopic (exact) mass is 251 g/mol. The Morgan fingerprint density at radius 1 is 1.44 bits per heavy atom. The fourth-order valence-electron chi connectivity index (χ4n) is 1.32. The highest BCUT2D eigenvalue weighted by atomic mass is 32.1. The van der Waals surface area contributed by atoms with Gasteiger partial charge in [-0.3, -0.25) is 4.79 Å². The normalized spacial score (nSPS) is 18.3. The molecule has 0 fully saturated rings. The second kappa shape index (κ2) is 6.07. The summed E-state index contributed by atoms with van der Waals surface area (Å²) in [5, 5.41) is 30.4. The van der Waals surface area contributed by atoms with Gasteiger partial charge in [0.05, 0.1) is 6.10 Å². The summed E-state index contributed by atoms with van der Waals surface area (Å²) in [6, 6.07) is 0. The maximum absolute atomic E-state index is 11.1. The topological polar surface area (TPSA) is 107 Å². The molecule has 0 aromatic rings. The standard InChI is InChI=1S/C9H17NO5S/c1-3-6(12)7(13)9(4-16,8(14)15)10-5(2)11/h6-7,12-13,16H,3-4H2,1-2H3,(H,10,11)(H,14,15)/t6?,7?,9-/m1/s1. The molecule has 0 saturated carbocycles. The van der Waals surface area contributed by atoms with Gasteiger partial charge in [0.25, 0.3) is 0 Å². The van der Waals surface area contributed by atoms with Gasteiger partial charge in [0.2, 0.25) is 5.91 Å². The molecule has 0 spiro atoms. The van der Waals surface area contributed by atoms with Crippen molar-refractivity contribution in [3.8, 4) is 0 Å². The van der Waals surface area contributed by atoms with Gasteiger partial charge in [-0.2, -0.15) is 12.6 Å². The molecule has 4 N–H and O–H groups in total. The first-order valence-corrected chi connectivity index (χ1v) is 5.44. The molecular weight excluding hydrogens is 234 g/mol. The number of nitrogens with one attached hydrogen (secondary N) is 1. The van der Waals surface area contributed by atoms with Crippen LogP contribution in [-0.4, -0.2) is 50.7 Å². The molecule has 16 heavy (non-hydrogen) atoms. The Morgan fingerprint density at radius 2 is 1.94 bits per heavy atom. The van der Waals surface area contributed by atoms with E-state index in [1.54, 1.807) is 6.92 Å². The van der Waals surface area contributed by atoms with Gasteiger partial charge in [0.1, 0.15) is 6.10 Å². The maximum atomic E-state index is 11.1. The van der Waals surface area contributed by atoms with Crippen LogP contribution in [0, 0.1) is 0 Å². The average Bonchev–Trinajstić information content (AvgIpc) is 2.22. The smallest absolute Gasteiger partial charge is 0.333 e. The third-order valence-corrected chi connectivity index (χ3v) is 2.82. The van der Waals surface area contributed by atoms with Crippen molar-refractivity contribution in [2.75, 3.05) is 5.75 Å². The molecule has 0 rings (SSSR count). The van der Waals surface area contributed by atoms with Crippen LogP contribution in [0.3, 0.4) is 0 Å². The molecule has 94 valence electrons. The van der Waals surface area contributed by atoms with E-state index in [9.17, 15) is 19.8 Å². The van der Waals surface area contributed by atoms with E-state index >= 15 is 0 Å². The van der Waals surface area contributed by atoms with E-state index in [1.807, 2.05) is 0 Å². The van der Waals surface area contributed by atoms with Gasteiger partial charge in [0, 0.05) is 12.7 Å². The van der Waals surface area contributed by atoms with Crippen molar-refractivity contribution in [2.45, 2.75) is 38.0 Å². The molecule has 6 nitrogen and oxygen atoms in total. The Morgan fingerprint density at radius 3 is 2.19 bits per heavy atom. The summed E-state index contributed by atoms with van der Waals surface area (Å²) in [5.41, 5.74) is -1.97. The molecule has 0 heterocycles. The molecule has 0 saturated heterocycles. The minimum atomic E-state index is -1.97. The summed E-state index contributed by atoms with van der Waals surface area (Å²) in [4.78, 5) is 22.1. The van der Waals surface area contributed by atoms with Crippen molar-refractivity contribution >= 4 is 24.5 Å². The maximum Gasteiger partial charge on any atom is 0.333 e. The number of carboxylic acids is 1. The summed E-state index contributed by atoms with van der Waals surface area (Å²) in [7, 11) is 0. The number of aliphatic carboxylic acids is 1. The quantitative estimate of drug-likeness (QED) is 0.390. The fraction of sp³-hybridized carbons (Fsp3) is 0.778. The molecule has 1 amide bonds. The van der Waals surface area contributed by atoms with E-state index in [-0.39, 0.29) is 12.2 Å². The van der Waals surface area contributed by atoms with E-state index in [0.717, 1.165) is 6.92 Å². The van der Waals surface area contributed by atoms with Gasteiger partial charge < -0.3 is 20.6 Å². The van der Waals surface area contributed by atoms with E-state index < -0.39 is 29.6 Å². The predicted molar refractivity (Wildman–Crippen MR) is 60.3 cm³/mol. The van der Waals surface area contributed by atoms with Gasteiger partial charge in [-0.15, -0.1) is 0 Å². The Bertz CT molecular complexity index is 273. The number of carbonyl (C=O) groups is 2. The number of carboxylic acid groups (broad SMARTS) is 1. The van der Waals surface area contributed by atoms with Gasteiger partial charge in [0.15, 0.2) is 5.54 Å². The van der Waals surface area contributed by atoms with Crippen molar-refractivity contribution in [3.05, 3.63) is 0 Å². The van der Waals surface area contributed by atoms with Crippen LogP contribution in [0.2, 0.25) is 0 Å². The third kappa shape index (κ3) is 3.10. The number of thiol groups is 1. The van der Waals surface area contributed by atoms with E-state index in [4.69, 9.17) is 5.11 Å². The second-order valence-electron chi connectivity index (χ2n) is 3.54. The van der Waals surface area contributed by atoms with E-state index in [2.05, 4.69) is 17.9 Å². The number of carbonyl (C=O) groups excluding carboxylic acids is 1. The molecule has 0 aliphatic heterocycles. The molecule has 0 aromatic carbocycles. The largest absolute Gasteiger partial charge is 0.479 e. The lowest BCUT2D eigenvalue weighted by atomic mass is 9.89. The third-order valence-electron chi connectivity index (χ3n) is 2.32. The number of aliphatic hydroxyl groups is 2. The highest BCUT2D eigenvalue weighted by molar-refractivity contribution is 7.80. The zero-order chi connectivity index (χ0) is 12.9. The number of hydrogen-bond acceptors (Lipinski definition) is 5. The molecular formula is C9H17NO5S. The lowest BCUT2D eigenvalue weighted by Crippen LogP contribution is -2.66. The zero-order valence-corrected chi connectivity index (χ0v) is 10.1. The van der Waals surface area contributed by atoms with Crippen LogP contribution in [0.1, 0.15) is 20.3 Å². The van der Waals surface area contributed by atoms with E-state index in [1.165, 1.54) is 0 Å². The van der Waals surface area contributed by atoms with Crippen LogP contribution in [-0.2, 0) is 9.59 Å². The summed E-state index contributed by atoms with van der Waals surface area (Å²) in [6.45, 7) is 2.72. The molecule has 0 radical (unpaired) electrons. The van der Waals surface area contributed by atoms with Gasteiger partial charge >= 0.3 is 5.97 Å². The van der Waals surface area contributed by atoms with Crippen LogP contribution in [0.5, 0.6) is 0 Å². The van der Waals surface area contributed by atoms with Gasteiger partial charge in [-0.05, 0) is 6.42 Å². The number of amides is 1. The summed E-state index contributed by atoms with van der Waals surface area (Å²) in [6.07, 6.45) is -2.68. The first kappa shape index (κ1) is 15.2. The molecule has 3 atom stereocenters. The predicted octanol–water partition coefficient (Wildman–Crippen LogP) is -0.992. The van der Waals surface area contributed by atoms with Crippen molar-refractivity contribution < 1.29 is 24.9 Å². The zero-order valence-electron chi connectivity index (χ0n) is 9.17. The second-order valence-corrected chi connectivity index (χ2v) is 3.85. The molecule has 2 unspecified atom stereocenters. The summed E-state index contributed by atoms with van der Waals surface area (Å²) < 4.78 is 0. The molecule has 0 bridgehead atoms. The van der Waals surface area contributed by atoms with Crippen molar-refractivity contribution in [3.63, 3.8) is 0 Å². The van der Waals surface area contributed by atoms with Crippen molar-refractivity contribution in [2.24, 2.45) is 0 Å². The summed E-state index contributed by atoms with van der Waals surface area (Å²) >= 11 is 3.82. The highest BCUT2D eigenvalue weighted by Gasteiger charge is 2.48. The Kier molecular flexibility index (Phi) is 5.77. The van der Waals surface area contributed by atoms with Crippen LogP contribution in [0.25, 0.3) is 0 Å². The Labute approximate surface area is 99.1 Å². The van der Waals surface area contributed by atoms with Crippen LogP contribution < -0.4 is 5.32 Å². The molecule has 0 aliphatic rings. The molecule has 0 aromatic heterocycles. The average molecular weight is 251 g/mol. The minimum absolute atomic E-state index is 0.170. The first-order valence-electron chi connectivity index (χ1n) is 4.81. The fourth-order valence-corrected chi connectivity index (χ4v) is 1.72. The van der Waals surface area contributed by atoms with Gasteiger partial charge in [-0.1, -0.05) is 6.92 Å². The van der Waals surface area contributed by atoms with Crippen molar-refractivity contribution in [1.29, 1.82) is 0 Å². The Hall–Kier alpha value is -0.790. The number of hydrogen-bond donors (Lipinski definition) is 5.